The van der Waals surface area contributed by atoms with Crippen molar-refractivity contribution in [2.45, 2.75) is 67.1 Å². The van der Waals surface area contributed by atoms with Gasteiger partial charge >= 0.3 is 6.03 Å². The topological polar surface area (TPSA) is 138 Å². The van der Waals surface area contributed by atoms with Gasteiger partial charge < -0.3 is 15.5 Å². The molecule has 5 N–H and O–H groups in total. The van der Waals surface area contributed by atoms with Gasteiger partial charge in [0.2, 0.25) is 0 Å². The number of nitrogens with two attached hydrogens (primary N) is 1. The molecule has 11 heteroatoms. The first-order valence-electron chi connectivity index (χ1n) is 10.6. The molecule has 3 aliphatic rings. The van der Waals surface area contributed by atoms with Crippen LogP contribution in [0.1, 0.15) is 60.0 Å². The maximum Gasteiger partial charge on any atom is 0.354 e. The molecule has 32 heavy (non-hydrogen) atoms. The van der Waals surface area contributed by atoms with Gasteiger partial charge in [-0.15, -0.1) is 15.7 Å². The minimum atomic E-state index is -3.90. The van der Waals surface area contributed by atoms with Gasteiger partial charge in [-0.3, -0.25) is 4.98 Å². The number of thiophene rings is 1. The van der Waals surface area contributed by atoms with Crippen molar-refractivity contribution in [3.8, 4) is 0 Å². The molecule has 0 aromatic carbocycles. The molecule has 2 aromatic heterocycles. The summed E-state index contributed by atoms with van der Waals surface area (Å²) in [4.78, 5) is 17.8. The molecule has 1 spiro atoms. The number of aromatic nitrogens is 1. The number of aliphatic hydroxyl groups is 2. The Bertz CT molecular complexity index is 1260. The quantitative estimate of drug-likeness (QED) is 0.533. The highest BCUT2D eigenvalue weighted by Crippen LogP contribution is 2.58. The molecule has 5 rings (SSSR count). The molecule has 0 radical (unpaired) electrons. The number of urea groups is 1. The molecule has 1 fully saturated rings. The van der Waals surface area contributed by atoms with Gasteiger partial charge in [0.05, 0.1) is 18.0 Å². The van der Waals surface area contributed by atoms with E-state index in [1.807, 2.05) is 0 Å². The summed E-state index contributed by atoms with van der Waals surface area (Å²) in [5, 5.41) is 28.0. The lowest BCUT2D eigenvalue weighted by Gasteiger charge is -2.17. The highest BCUT2D eigenvalue weighted by atomic mass is 32.2. The van der Waals surface area contributed by atoms with E-state index in [4.69, 9.17) is 10.1 Å². The van der Waals surface area contributed by atoms with Gasteiger partial charge in [-0.2, -0.15) is 0 Å². The van der Waals surface area contributed by atoms with E-state index >= 15 is 0 Å². The number of rotatable bonds is 4. The SMILES string of the molecule is CC(O)(CO)c1cc(F)c([S@](N)(=O)=NC(=O)Nc2c3c(nc4c2CCC42CC2)CCC3)s1. The lowest BCUT2D eigenvalue weighted by Crippen LogP contribution is -2.24. The Morgan fingerprint density at radius 3 is 2.81 bits per heavy atom. The zero-order valence-corrected chi connectivity index (χ0v) is 19.2. The number of hydrogen-bond donors (Lipinski definition) is 4. The molecule has 2 heterocycles. The maximum absolute atomic E-state index is 14.5. The number of halogens is 1. The Hall–Kier alpha value is -1.92. The number of amides is 2. The summed E-state index contributed by atoms with van der Waals surface area (Å²) in [6.45, 7) is 0.636. The third-order valence-electron chi connectivity index (χ3n) is 6.74. The fraction of sp³-hybridized carbons (Fsp3) is 0.524. The van der Waals surface area contributed by atoms with Crippen LogP contribution < -0.4 is 10.5 Å². The van der Waals surface area contributed by atoms with Crippen LogP contribution in [0.5, 0.6) is 0 Å². The van der Waals surface area contributed by atoms with Gasteiger partial charge in [-0.1, -0.05) is 0 Å². The summed E-state index contributed by atoms with van der Waals surface area (Å²) >= 11 is 0.625. The Labute approximate surface area is 189 Å². The van der Waals surface area contributed by atoms with Gasteiger partial charge in [0, 0.05) is 16.0 Å². The zero-order chi connectivity index (χ0) is 22.9. The number of pyridine rings is 1. The van der Waals surface area contributed by atoms with Gasteiger partial charge in [-0.25, -0.2) is 18.5 Å². The van der Waals surface area contributed by atoms with Crippen LogP contribution in [0.3, 0.4) is 0 Å². The van der Waals surface area contributed by atoms with Gasteiger partial charge in [0.1, 0.15) is 5.60 Å². The first-order valence-corrected chi connectivity index (χ1v) is 13.0. The zero-order valence-electron chi connectivity index (χ0n) is 17.6. The first-order chi connectivity index (χ1) is 15.1. The lowest BCUT2D eigenvalue weighted by atomic mass is 10.0. The smallest absolute Gasteiger partial charge is 0.354 e. The van der Waals surface area contributed by atoms with Gasteiger partial charge in [0.15, 0.2) is 19.9 Å². The Kier molecular flexibility index (Phi) is 4.99. The molecule has 2 amide bonds. The minimum Gasteiger partial charge on any atom is -0.393 e. The maximum atomic E-state index is 14.5. The first kappa shape index (κ1) is 21.9. The lowest BCUT2D eigenvalue weighted by molar-refractivity contribution is 0.000654. The van der Waals surface area contributed by atoms with Crippen LogP contribution in [-0.4, -0.2) is 32.0 Å². The summed E-state index contributed by atoms with van der Waals surface area (Å²) in [5.41, 5.74) is 3.22. The number of fused-ring (bicyclic) bond motifs is 3. The largest absolute Gasteiger partial charge is 0.393 e. The Morgan fingerprint density at radius 1 is 1.38 bits per heavy atom. The molecule has 2 atom stereocenters. The van der Waals surface area contributed by atoms with Crippen LogP contribution in [0.4, 0.5) is 14.9 Å². The van der Waals surface area contributed by atoms with Gasteiger partial charge in [0.25, 0.3) is 0 Å². The molecular formula is C21H25FN4O4S2. The second-order valence-electron chi connectivity index (χ2n) is 9.14. The van der Waals surface area contributed by atoms with Gasteiger partial charge in [-0.05, 0) is 69.1 Å². The third-order valence-corrected chi connectivity index (χ3v) is 10.0. The molecular weight excluding hydrogens is 455 g/mol. The van der Waals surface area contributed by atoms with Crippen molar-refractivity contribution in [3.63, 3.8) is 0 Å². The van der Waals surface area contributed by atoms with Crippen LogP contribution >= 0.6 is 11.3 Å². The van der Waals surface area contributed by atoms with Crippen molar-refractivity contribution in [1.29, 1.82) is 0 Å². The highest BCUT2D eigenvalue weighted by molar-refractivity contribution is 7.93. The predicted octanol–water partition coefficient (Wildman–Crippen LogP) is 2.88. The number of carbonyl (C=O) groups excluding carboxylic acids is 1. The number of aliphatic hydroxyl groups excluding tert-OH is 1. The van der Waals surface area contributed by atoms with E-state index in [-0.39, 0.29) is 10.3 Å². The molecule has 2 aromatic rings. The molecule has 3 aliphatic carbocycles. The molecule has 172 valence electrons. The fourth-order valence-electron chi connectivity index (χ4n) is 4.77. The second kappa shape index (κ2) is 7.29. The van der Waals surface area contributed by atoms with E-state index in [1.54, 1.807) is 0 Å². The third kappa shape index (κ3) is 3.47. The Balaban J connectivity index is 1.49. The summed E-state index contributed by atoms with van der Waals surface area (Å²) in [6.07, 6.45) is 6.67. The summed E-state index contributed by atoms with van der Waals surface area (Å²) in [5.74, 6) is -0.941. The van der Waals surface area contributed by atoms with Crippen LogP contribution in [0.2, 0.25) is 0 Å². The number of aryl methyl sites for hydroxylation is 1. The van der Waals surface area contributed by atoms with Crippen molar-refractivity contribution in [1.82, 2.24) is 4.98 Å². The average Bonchev–Trinajstić information content (AvgIpc) is 3.03. The van der Waals surface area contributed by atoms with Crippen LogP contribution in [0.25, 0.3) is 0 Å². The molecule has 1 saturated carbocycles. The van der Waals surface area contributed by atoms with E-state index in [0.717, 1.165) is 73.5 Å². The standard InChI is InChI=1S/C21H25FN4O4S2/c1-20(29,10-27)15-9-13(22)18(31-15)32(23,30)26-19(28)25-16-11-3-2-4-14(11)24-17-12(16)5-6-21(17)7-8-21/h9,27,29H,2-8,10H2,1H3,(H3,23,24,25,26,28,30)/t20?,32-/m1/s1. The van der Waals surface area contributed by atoms with Crippen molar-refractivity contribution in [2.24, 2.45) is 9.50 Å². The summed E-state index contributed by atoms with van der Waals surface area (Å²) in [6, 6.07) is 0.0495. The minimum absolute atomic E-state index is 0.0424. The second-order valence-corrected chi connectivity index (χ2v) is 12.2. The average molecular weight is 481 g/mol. The highest BCUT2D eigenvalue weighted by Gasteiger charge is 2.51. The van der Waals surface area contributed by atoms with E-state index < -0.39 is 38.2 Å². The monoisotopic (exact) mass is 480 g/mol. The number of carbonyl (C=O) groups is 1. The van der Waals surface area contributed by atoms with Crippen LogP contribution in [-0.2, 0) is 40.2 Å². The van der Waals surface area contributed by atoms with Crippen LogP contribution in [0.15, 0.2) is 14.6 Å². The van der Waals surface area contributed by atoms with Crippen molar-refractivity contribution >= 4 is 33.0 Å². The number of nitrogens with zero attached hydrogens (tertiary/aromatic N) is 2. The fourth-order valence-corrected chi connectivity index (χ4v) is 7.14. The number of anilines is 1. The summed E-state index contributed by atoms with van der Waals surface area (Å²) < 4.78 is 30.6. The number of hydrogen-bond acceptors (Lipinski definition) is 6. The molecule has 0 bridgehead atoms. The van der Waals surface area contributed by atoms with Crippen molar-refractivity contribution in [2.75, 3.05) is 11.9 Å². The van der Waals surface area contributed by atoms with Crippen molar-refractivity contribution < 1.29 is 23.6 Å². The summed E-state index contributed by atoms with van der Waals surface area (Å²) in [7, 11) is -3.90. The van der Waals surface area contributed by atoms with E-state index in [2.05, 4.69) is 9.68 Å². The van der Waals surface area contributed by atoms with Crippen molar-refractivity contribution in [3.05, 3.63) is 39.3 Å². The van der Waals surface area contributed by atoms with E-state index in [9.17, 15) is 23.6 Å². The number of nitrogens with one attached hydrogen (secondary N) is 1. The predicted molar refractivity (Wildman–Crippen MR) is 118 cm³/mol. The molecule has 0 saturated heterocycles. The van der Waals surface area contributed by atoms with E-state index in [0.29, 0.717) is 17.0 Å². The normalized spacial score (nSPS) is 21.5. The molecule has 0 aliphatic heterocycles. The van der Waals surface area contributed by atoms with Crippen LogP contribution in [0, 0.1) is 5.82 Å². The van der Waals surface area contributed by atoms with E-state index in [1.165, 1.54) is 6.92 Å². The Morgan fingerprint density at radius 2 is 2.12 bits per heavy atom. The molecule has 1 unspecified atom stereocenters. The molecule has 8 nitrogen and oxygen atoms in total.